The molecule has 9 heteroatoms. The molecule has 0 spiro atoms. The van der Waals surface area contributed by atoms with Gasteiger partial charge in [0.05, 0.1) is 19.0 Å². The minimum atomic E-state index is -2.69. The van der Waals surface area contributed by atoms with E-state index in [1.54, 1.807) is 33.2 Å². The van der Waals surface area contributed by atoms with E-state index in [0.29, 0.717) is 41.1 Å². The van der Waals surface area contributed by atoms with Crippen molar-refractivity contribution in [1.29, 1.82) is 0 Å². The predicted molar refractivity (Wildman–Crippen MR) is 185 cm³/mol. The molecular weight excluding hydrogens is 586 g/mol. The van der Waals surface area contributed by atoms with Crippen molar-refractivity contribution in [3.05, 3.63) is 58.9 Å². The SMILES string of the molecule is CCCN(c1cc(C(F)F)c(-c2cnn(CCCCCCCCC(C)=O)c2)cc1C)c1cc(OC)cc(N(C)C)c1/C=C(/C)C=O. The molecule has 0 saturated heterocycles. The van der Waals surface area contributed by atoms with Crippen molar-refractivity contribution in [3.63, 3.8) is 0 Å². The van der Waals surface area contributed by atoms with Crippen LogP contribution in [0.5, 0.6) is 5.75 Å². The Morgan fingerprint density at radius 3 is 2.28 bits per heavy atom. The number of nitrogens with zero attached hydrogens (tertiary/aromatic N) is 4. The molecule has 0 aliphatic carbocycles. The Hall–Kier alpha value is -4.01. The summed E-state index contributed by atoms with van der Waals surface area (Å²) < 4.78 is 37.0. The molecule has 1 aromatic heterocycles. The van der Waals surface area contributed by atoms with Crippen LogP contribution in [-0.2, 0) is 16.1 Å². The zero-order valence-electron chi connectivity index (χ0n) is 28.5. The first kappa shape index (κ1) is 36.5. The quantitative estimate of drug-likeness (QED) is 0.0742. The fourth-order valence-electron chi connectivity index (χ4n) is 5.73. The highest BCUT2D eigenvalue weighted by Crippen LogP contribution is 2.43. The van der Waals surface area contributed by atoms with E-state index in [0.717, 1.165) is 80.3 Å². The van der Waals surface area contributed by atoms with Crippen LogP contribution in [0.3, 0.4) is 0 Å². The van der Waals surface area contributed by atoms with E-state index >= 15 is 0 Å². The summed E-state index contributed by atoms with van der Waals surface area (Å²) in [7, 11) is 5.44. The van der Waals surface area contributed by atoms with Gasteiger partial charge in [0, 0.05) is 80.0 Å². The number of carbonyl (C=O) groups excluding carboxylic acids is 2. The van der Waals surface area contributed by atoms with Gasteiger partial charge in [0.2, 0.25) is 0 Å². The van der Waals surface area contributed by atoms with Gasteiger partial charge in [0.15, 0.2) is 0 Å². The number of aldehydes is 1. The monoisotopic (exact) mass is 636 g/mol. The highest BCUT2D eigenvalue weighted by molar-refractivity contribution is 5.91. The van der Waals surface area contributed by atoms with Crippen LogP contribution in [0.1, 0.15) is 95.3 Å². The number of methoxy groups -OCH3 is 1. The first-order chi connectivity index (χ1) is 22.0. The number of hydrogen-bond acceptors (Lipinski definition) is 6. The topological polar surface area (TPSA) is 67.7 Å². The molecule has 0 amide bonds. The lowest BCUT2D eigenvalue weighted by atomic mass is 9.97. The second-order valence-electron chi connectivity index (χ2n) is 12.2. The van der Waals surface area contributed by atoms with Gasteiger partial charge in [-0.2, -0.15) is 5.10 Å². The number of halogens is 2. The van der Waals surface area contributed by atoms with Crippen LogP contribution < -0.4 is 14.5 Å². The number of allylic oxidation sites excluding steroid dienone is 1. The molecule has 1 heterocycles. The average molecular weight is 637 g/mol. The van der Waals surface area contributed by atoms with E-state index in [-0.39, 0.29) is 11.3 Å². The second kappa shape index (κ2) is 17.6. The molecule has 0 radical (unpaired) electrons. The number of carbonyl (C=O) groups is 2. The Kier molecular flexibility index (Phi) is 14.0. The van der Waals surface area contributed by atoms with Gasteiger partial charge in [-0.15, -0.1) is 0 Å². The number of aromatic nitrogens is 2. The van der Waals surface area contributed by atoms with E-state index in [4.69, 9.17) is 4.74 Å². The van der Waals surface area contributed by atoms with Gasteiger partial charge < -0.3 is 19.3 Å². The van der Waals surface area contributed by atoms with Gasteiger partial charge >= 0.3 is 0 Å². The highest BCUT2D eigenvalue weighted by Gasteiger charge is 2.24. The molecule has 7 nitrogen and oxygen atoms in total. The van der Waals surface area contributed by atoms with Crippen molar-refractivity contribution in [3.8, 4) is 16.9 Å². The molecule has 0 N–H and O–H groups in total. The van der Waals surface area contributed by atoms with E-state index in [1.165, 1.54) is 0 Å². The van der Waals surface area contributed by atoms with Gasteiger partial charge in [-0.05, 0) is 74.9 Å². The van der Waals surface area contributed by atoms with Crippen molar-refractivity contribution in [1.82, 2.24) is 9.78 Å². The Labute approximate surface area is 273 Å². The van der Waals surface area contributed by atoms with Crippen LogP contribution in [0, 0.1) is 6.92 Å². The summed E-state index contributed by atoms with van der Waals surface area (Å²) in [6, 6.07) is 7.25. The summed E-state index contributed by atoms with van der Waals surface area (Å²) in [4.78, 5) is 26.7. The number of ether oxygens (including phenoxy) is 1. The van der Waals surface area contributed by atoms with E-state index < -0.39 is 6.43 Å². The van der Waals surface area contributed by atoms with Crippen LogP contribution in [-0.4, -0.2) is 49.6 Å². The molecular formula is C37H50F2N4O3. The number of hydrogen-bond donors (Lipinski definition) is 0. The molecule has 0 saturated carbocycles. The lowest BCUT2D eigenvalue weighted by Gasteiger charge is -2.31. The normalized spacial score (nSPS) is 11.7. The summed E-state index contributed by atoms with van der Waals surface area (Å²) in [6.07, 6.45) is 11.1. The van der Waals surface area contributed by atoms with Crippen molar-refractivity contribution < 1.29 is 23.1 Å². The summed E-state index contributed by atoms with van der Waals surface area (Å²) in [6.45, 7) is 8.66. The third-order valence-electron chi connectivity index (χ3n) is 8.13. The van der Waals surface area contributed by atoms with Gasteiger partial charge in [0.1, 0.15) is 17.8 Å². The largest absolute Gasteiger partial charge is 0.497 e. The molecule has 0 fully saturated rings. The van der Waals surface area contributed by atoms with Gasteiger partial charge in [-0.3, -0.25) is 9.48 Å². The summed E-state index contributed by atoms with van der Waals surface area (Å²) in [5.74, 6) is 0.875. The fourth-order valence-corrected chi connectivity index (χ4v) is 5.73. The van der Waals surface area contributed by atoms with Crippen LogP contribution in [0.4, 0.5) is 25.8 Å². The molecule has 0 bridgehead atoms. The molecule has 0 aliphatic rings. The number of rotatable bonds is 19. The zero-order valence-corrected chi connectivity index (χ0v) is 28.5. The van der Waals surface area contributed by atoms with Crippen molar-refractivity contribution in [2.75, 3.05) is 37.5 Å². The van der Waals surface area contributed by atoms with Crippen molar-refractivity contribution in [2.24, 2.45) is 0 Å². The van der Waals surface area contributed by atoms with Gasteiger partial charge in [-0.1, -0.05) is 32.6 Å². The Morgan fingerprint density at radius 1 is 1.00 bits per heavy atom. The number of alkyl halides is 2. The van der Waals surface area contributed by atoms with Gasteiger partial charge in [-0.25, -0.2) is 8.78 Å². The molecule has 3 aromatic rings. The second-order valence-corrected chi connectivity index (χ2v) is 12.2. The number of ketones is 1. The molecule has 46 heavy (non-hydrogen) atoms. The molecule has 2 aromatic carbocycles. The predicted octanol–water partition coefficient (Wildman–Crippen LogP) is 9.34. The lowest BCUT2D eigenvalue weighted by molar-refractivity contribution is -0.117. The standard InChI is InChI=1S/C37H50F2N4O3/c1-8-16-43(36-21-30(46-7)20-35(41(5)6)33(36)18-26(2)25-44)34-22-32(37(38)39)31(19-27(34)3)29-23-40-42(24-29)17-14-12-10-9-11-13-15-28(4)45/h18-25,37H,8-17H2,1-7H3/b26-18-. The highest BCUT2D eigenvalue weighted by atomic mass is 19.3. The number of benzene rings is 2. The molecule has 250 valence electrons. The molecule has 0 unspecified atom stereocenters. The number of aryl methyl sites for hydroxylation is 2. The fraction of sp³-hybridized carbons (Fsp3) is 0.486. The minimum absolute atomic E-state index is 0.0521. The first-order valence-corrected chi connectivity index (χ1v) is 16.3. The zero-order chi connectivity index (χ0) is 33.8. The van der Waals surface area contributed by atoms with Crippen LogP contribution in [0.2, 0.25) is 0 Å². The number of Topliss-reactive ketones (excluding diaryl/α,β-unsaturated/α-hetero) is 1. The molecule has 0 aliphatic heterocycles. The summed E-state index contributed by atoms with van der Waals surface area (Å²) in [5.41, 5.74) is 5.59. The maximum Gasteiger partial charge on any atom is 0.264 e. The minimum Gasteiger partial charge on any atom is -0.497 e. The summed E-state index contributed by atoms with van der Waals surface area (Å²) in [5, 5.41) is 4.49. The van der Waals surface area contributed by atoms with Crippen LogP contribution in [0.25, 0.3) is 17.2 Å². The van der Waals surface area contributed by atoms with Crippen LogP contribution >= 0.6 is 0 Å². The third-order valence-corrected chi connectivity index (χ3v) is 8.13. The van der Waals surface area contributed by atoms with E-state index in [2.05, 4.69) is 5.10 Å². The Bertz CT molecular complexity index is 1500. The Morgan fingerprint density at radius 2 is 1.67 bits per heavy atom. The summed E-state index contributed by atoms with van der Waals surface area (Å²) >= 11 is 0. The maximum atomic E-state index is 14.7. The average Bonchev–Trinajstić information content (AvgIpc) is 3.49. The first-order valence-electron chi connectivity index (χ1n) is 16.3. The smallest absolute Gasteiger partial charge is 0.264 e. The van der Waals surface area contributed by atoms with E-state index in [1.807, 2.05) is 72.9 Å². The third kappa shape index (κ3) is 9.74. The molecule has 3 rings (SSSR count). The van der Waals surface area contributed by atoms with Crippen molar-refractivity contribution in [2.45, 2.75) is 92.0 Å². The molecule has 0 atom stereocenters. The maximum absolute atomic E-state index is 14.7. The van der Waals surface area contributed by atoms with Gasteiger partial charge in [0.25, 0.3) is 6.43 Å². The van der Waals surface area contributed by atoms with Crippen molar-refractivity contribution >= 4 is 35.2 Å². The Balaban J connectivity index is 1.96. The lowest BCUT2D eigenvalue weighted by Crippen LogP contribution is -2.22. The number of anilines is 3. The van der Waals surface area contributed by atoms with E-state index in [9.17, 15) is 18.4 Å². The van der Waals surface area contributed by atoms with Crippen LogP contribution in [0.15, 0.2) is 42.2 Å². The number of unbranched alkanes of at least 4 members (excludes halogenated alkanes) is 5.